The summed E-state index contributed by atoms with van der Waals surface area (Å²) in [6.45, 7) is 8.43. The highest BCUT2D eigenvalue weighted by Crippen LogP contribution is 2.05. The number of rotatable bonds is 6. The Morgan fingerprint density at radius 2 is 2.20 bits per heavy atom. The van der Waals surface area contributed by atoms with Crippen molar-refractivity contribution in [2.45, 2.75) is 39.4 Å². The van der Waals surface area contributed by atoms with E-state index in [1.807, 2.05) is 15.7 Å². The SMILES string of the molecule is CC(C)NCc1cncn1CCC(=O)N1CCOCC1. The largest absolute Gasteiger partial charge is 0.378 e. The highest BCUT2D eigenvalue weighted by molar-refractivity contribution is 5.76. The molecule has 20 heavy (non-hydrogen) atoms. The lowest BCUT2D eigenvalue weighted by molar-refractivity contribution is -0.135. The van der Waals surface area contributed by atoms with Crippen LogP contribution in [0.3, 0.4) is 0 Å². The summed E-state index contributed by atoms with van der Waals surface area (Å²) in [5.74, 6) is 0.199. The Labute approximate surface area is 120 Å². The average Bonchev–Trinajstić information content (AvgIpc) is 2.91. The molecule has 0 unspecified atom stereocenters. The van der Waals surface area contributed by atoms with Gasteiger partial charge in [-0.2, -0.15) is 0 Å². The molecule has 1 aliphatic rings. The predicted octanol–water partition coefficient (Wildman–Crippen LogP) is 0.630. The zero-order valence-corrected chi connectivity index (χ0v) is 12.3. The molecule has 2 rings (SSSR count). The van der Waals surface area contributed by atoms with Gasteiger partial charge < -0.3 is 19.5 Å². The van der Waals surface area contributed by atoms with Gasteiger partial charge in [0, 0.05) is 44.8 Å². The molecule has 6 nitrogen and oxygen atoms in total. The van der Waals surface area contributed by atoms with Crippen LogP contribution in [0.4, 0.5) is 0 Å². The van der Waals surface area contributed by atoms with Crippen molar-refractivity contribution >= 4 is 5.91 Å². The summed E-state index contributed by atoms with van der Waals surface area (Å²) in [5.41, 5.74) is 1.12. The molecule has 0 aromatic carbocycles. The van der Waals surface area contributed by atoms with Crippen molar-refractivity contribution in [3.63, 3.8) is 0 Å². The van der Waals surface area contributed by atoms with Crippen LogP contribution >= 0.6 is 0 Å². The van der Waals surface area contributed by atoms with Crippen LogP contribution in [0.5, 0.6) is 0 Å². The smallest absolute Gasteiger partial charge is 0.224 e. The van der Waals surface area contributed by atoms with Crippen LogP contribution in [0.25, 0.3) is 0 Å². The number of carbonyl (C=O) groups is 1. The number of imidazole rings is 1. The van der Waals surface area contributed by atoms with Crippen LogP contribution in [-0.2, 0) is 22.6 Å². The van der Waals surface area contributed by atoms with E-state index in [1.54, 1.807) is 6.33 Å². The van der Waals surface area contributed by atoms with Gasteiger partial charge in [-0.1, -0.05) is 13.8 Å². The molecule has 1 aromatic rings. The second kappa shape index (κ2) is 7.40. The number of carbonyl (C=O) groups excluding carboxylic acids is 1. The van der Waals surface area contributed by atoms with E-state index in [1.165, 1.54) is 0 Å². The van der Waals surface area contributed by atoms with Crippen LogP contribution in [0.15, 0.2) is 12.5 Å². The van der Waals surface area contributed by atoms with Crippen LogP contribution < -0.4 is 5.32 Å². The molecule has 6 heteroatoms. The Morgan fingerprint density at radius 3 is 2.90 bits per heavy atom. The fourth-order valence-electron chi connectivity index (χ4n) is 2.19. The van der Waals surface area contributed by atoms with Crippen molar-refractivity contribution in [1.82, 2.24) is 19.8 Å². The molecule has 0 radical (unpaired) electrons. The number of nitrogens with zero attached hydrogens (tertiary/aromatic N) is 3. The van der Waals surface area contributed by atoms with Crippen LogP contribution in [0.2, 0.25) is 0 Å². The number of aromatic nitrogens is 2. The summed E-state index contributed by atoms with van der Waals surface area (Å²) < 4.78 is 7.31. The van der Waals surface area contributed by atoms with Crippen LogP contribution in [-0.4, -0.2) is 52.7 Å². The average molecular weight is 280 g/mol. The number of hydrogen-bond donors (Lipinski definition) is 1. The lowest BCUT2D eigenvalue weighted by Gasteiger charge is -2.27. The Balaban J connectivity index is 1.81. The Hall–Kier alpha value is -1.40. The maximum atomic E-state index is 12.1. The second-order valence-corrected chi connectivity index (χ2v) is 5.36. The van der Waals surface area contributed by atoms with Gasteiger partial charge in [0.1, 0.15) is 0 Å². The molecule has 2 heterocycles. The summed E-state index contributed by atoms with van der Waals surface area (Å²) >= 11 is 0. The van der Waals surface area contributed by atoms with E-state index in [9.17, 15) is 4.79 Å². The van der Waals surface area contributed by atoms with Crippen molar-refractivity contribution in [2.75, 3.05) is 26.3 Å². The topological polar surface area (TPSA) is 59.4 Å². The third-order valence-corrected chi connectivity index (χ3v) is 3.42. The van der Waals surface area contributed by atoms with Crippen molar-refractivity contribution in [3.05, 3.63) is 18.2 Å². The molecule has 1 saturated heterocycles. The Morgan fingerprint density at radius 1 is 1.45 bits per heavy atom. The Bertz CT molecular complexity index is 425. The molecular weight excluding hydrogens is 256 g/mol. The number of ether oxygens (including phenoxy) is 1. The summed E-state index contributed by atoms with van der Waals surface area (Å²) in [6.07, 6.45) is 4.17. The monoisotopic (exact) mass is 280 g/mol. The quantitative estimate of drug-likeness (QED) is 0.830. The number of morpholine rings is 1. The first kappa shape index (κ1) is 15.0. The van der Waals surface area contributed by atoms with Crippen molar-refractivity contribution in [1.29, 1.82) is 0 Å². The van der Waals surface area contributed by atoms with Gasteiger partial charge in [0.05, 0.1) is 25.2 Å². The van der Waals surface area contributed by atoms with E-state index in [0.717, 1.165) is 12.2 Å². The predicted molar refractivity (Wildman–Crippen MR) is 76.2 cm³/mol. The minimum atomic E-state index is 0.199. The number of hydrogen-bond acceptors (Lipinski definition) is 4. The summed E-state index contributed by atoms with van der Waals surface area (Å²) in [7, 11) is 0. The molecule has 1 aliphatic heterocycles. The van der Waals surface area contributed by atoms with Gasteiger partial charge >= 0.3 is 0 Å². The van der Waals surface area contributed by atoms with E-state index in [4.69, 9.17) is 4.74 Å². The summed E-state index contributed by atoms with van der Waals surface area (Å²) in [6, 6.07) is 0.438. The fourth-order valence-corrected chi connectivity index (χ4v) is 2.19. The molecule has 1 aromatic heterocycles. The molecule has 1 N–H and O–H groups in total. The molecule has 112 valence electrons. The van der Waals surface area contributed by atoms with Crippen molar-refractivity contribution in [2.24, 2.45) is 0 Å². The number of nitrogens with one attached hydrogen (secondary N) is 1. The normalized spacial score (nSPS) is 15.8. The first-order valence-corrected chi connectivity index (χ1v) is 7.24. The number of amides is 1. The standard InChI is InChI=1S/C14H24N4O2/c1-12(2)16-10-13-9-15-11-18(13)4-3-14(19)17-5-7-20-8-6-17/h9,11-12,16H,3-8,10H2,1-2H3. The molecule has 0 aliphatic carbocycles. The highest BCUT2D eigenvalue weighted by Gasteiger charge is 2.16. The molecule has 1 amide bonds. The zero-order valence-electron chi connectivity index (χ0n) is 12.3. The van der Waals surface area contributed by atoms with E-state index >= 15 is 0 Å². The maximum Gasteiger partial charge on any atom is 0.224 e. The van der Waals surface area contributed by atoms with Gasteiger partial charge in [-0.3, -0.25) is 4.79 Å². The van der Waals surface area contributed by atoms with E-state index in [-0.39, 0.29) is 5.91 Å². The van der Waals surface area contributed by atoms with E-state index < -0.39 is 0 Å². The second-order valence-electron chi connectivity index (χ2n) is 5.36. The van der Waals surface area contributed by atoms with Crippen molar-refractivity contribution < 1.29 is 9.53 Å². The van der Waals surface area contributed by atoms with Gasteiger partial charge in [-0.05, 0) is 0 Å². The zero-order chi connectivity index (χ0) is 14.4. The molecule has 0 saturated carbocycles. The lowest BCUT2D eigenvalue weighted by Crippen LogP contribution is -2.41. The van der Waals surface area contributed by atoms with E-state index in [2.05, 4.69) is 24.1 Å². The van der Waals surface area contributed by atoms with Gasteiger partial charge in [0.2, 0.25) is 5.91 Å². The third kappa shape index (κ3) is 4.31. The summed E-state index contributed by atoms with van der Waals surface area (Å²) in [5, 5.41) is 3.37. The van der Waals surface area contributed by atoms with Crippen LogP contribution in [0.1, 0.15) is 26.0 Å². The molecule has 0 spiro atoms. The van der Waals surface area contributed by atoms with Gasteiger partial charge in [0.15, 0.2) is 0 Å². The third-order valence-electron chi connectivity index (χ3n) is 3.42. The van der Waals surface area contributed by atoms with Gasteiger partial charge in [-0.15, -0.1) is 0 Å². The van der Waals surface area contributed by atoms with Gasteiger partial charge in [0.25, 0.3) is 0 Å². The summed E-state index contributed by atoms with van der Waals surface area (Å²) in [4.78, 5) is 18.1. The molecule has 1 fully saturated rings. The van der Waals surface area contributed by atoms with Gasteiger partial charge in [-0.25, -0.2) is 4.98 Å². The van der Waals surface area contributed by atoms with Crippen molar-refractivity contribution in [3.8, 4) is 0 Å². The lowest BCUT2D eigenvalue weighted by atomic mass is 10.3. The minimum Gasteiger partial charge on any atom is -0.378 e. The maximum absolute atomic E-state index is 12.1. The first-order chi connectivity index (χ1) is 9.66. The highest BCUT2D eigenvalue weighted by atomic mass is 16.5. The fraction of sp³-hybridized carbons (Fsp3) is 0.714. The molecule has 0 atom stereocenters. The van der Waals surface area contributed by atoms with Crippen LogP contribution in [0, 0.1) is 0 Å². The Kier molecular flexibility index (Phi) is 5.55. The molecule has 0 bridgehead atoms. The first-order valence-electron chi connectivity index (χ1n) is 7.24. The molecular formula is C14H24N4O2. The number of aryl methyl sites for hydroxylation is 1. The minimum absolute atomic E-state index is 0.199. The van der Waals surface area contributed by atoms with E-state index in [0.29, 0.717) is 45.3 Å².